The van der Waals surface area contributed by atoms with Crippen LogP contribution in [-0.2, 0) is 0 Å². The number of hydrogen-bond donors (Lipinski definition) is 1. The molecule has 0 aliphatic carbocycles. The Morgan fingerprint density at radius 3 is 2.68 bits per heavy atom. The highest BCUT2D eigenvalue weighted by atomic mass is 32.1. The number of hydrogen-bond acceptors (Lipinski definition) is 4. The van der Waals surface area contributed by atoms with E-state index in [9.17, 15) is 13.6 Å². The zero-order valence-corrected chi connectivity index (χ0v) is 14.5. The van der Waals surface area contributed by atoms with Crippen LogP contribution in [0.1, 0.15) is 28.9 Å². The van der Waals surface area contributed by atoms with Crippen LogP contribution in [-0.4, -0.2) is 36.5 Å². The predicted octanol–water partition coefficient (Wildman–Crippen LogP) is 3.97. The molecule has 7 heteroatoms. The molecule has 1 aromatic carbocycles. The lowest BCUT2D eigenvalue weighted by Crippen LogP contribution is -2.47. The van der Waals surface area contributed by atoms with Crippen molar-refractivity contribution < 1.29 is 18.3 Å². The van der Waals surface area contributed by atoms with Crippen LogP contribution >= 0.6 is 11.3 Å². The second-order valence-electron chi connectivity index (χ2n) is 5.95. The van der Waals surface area contributed by atoms with Gasteiger partial charge in [0, 0.05) is 24.0 Å². The molecule has 134 valence electrons. The zero-order chi connectivity index (χ0) is 17.8. The molecule has 0 radical (unpaired) electrons. The first-order chi connectivity index (χ1) is 12.1. The molecule has 1 aromatic heterocycles. The standard InChI is InChI=1S/C18H20F2N2O2S/c19-18(20)24-14-6-4-12(5-7-14)15-8-9-16(25-15)17(23)22-10-2-1-3-13(22)11-21/h4-9,13,18H,1-3,10-11,21H2. The van der Waals surface area contributed by atoms with Crippen molar-refractivity contribution in [1.29, 1.82) is 0 Å². The average Bonchev–Trinajstić information content (AvgIpc) is 3.11. The van der Waals surface area contributed by atoms with Crippen LogP contribution in [0.3, 0.4) is 0 Å². The van der Waals surface area contributed by atoms with Crippen molar-refractivity contribution in [2.24, 2.45) is 5.73 Å². The van der Waals surface area contributed by atoms with Crippen LogP contribution in [0.25, 0.3) is 10.4 Å². The van der Waals surface area contributed by atoms with E-state index in [1.54, 1.807) is 12.1 Å². The Morgan fingerprint density at radius 1 is 1.24 bits per heavy atom. The molecule has 0 saturated carbocycles. The van der Waals surface area contributed by atoms with Crippen LogP contribution in [0.4, 0.5) is 8.78 Å². The van der Waals surface area contributed by atoms with E-state index >= 15 is 0 Å². The molecule has 2 N–H and O–H groups in total. The summed E-state index contributed by atoms with van der Waals surface area (Å²) in [7, 11) is 0. The van der Waals surface area contributed by atoms with E-state index in [0.717, 1.165) is 36.2 Å². The van der Waals surface area contributed by atoms with E-state index in [2.05, 4.69) is 4.74 Å². The number of piperidine rings is 1. The Bertz CT molecular complexity index is 718. The Morgan fingerprint density at radius 2 is 2.00 bits per heavy atom. The van der Waals surface area contributed by atoms with Crippen molar-refractivity contribution in [3.8, 4) is 16.2 Å². The third kappa shape index (κ3) is 4.16. The second-order valence-corrected chi connectivity index (χ2v) is 7.03. The fourth-order valence-electron chi connectivity index (χ4n) is 3.06. The van der Waals surface area contributed by atoms with Gasteiger partial charge in [-0.15, -0.1) is 11.3 Å². The molecule has 3 rings (SSSR count). The summed E-state index contributed by atoms with van der Waals surface area (Å²) >= 11 is 1.40. The molecule has 4 nitrogen and oxygen atoms in total. The summed E-state index contributed by atoms with van der Waals surface area (Å²) in [5, 5.41) is 0. The van der Waals surface area contributed by atoms with Gasteiger partial charge in [-0.05, 0) is 61.2 Å². The van der Waals surface area contributed by atoms with Gasteiger partial charge in [-0.25, -0.2) is 0 Å². The smallest absolute Gasteiger partial charge is 0.387 e. The summed E-state index contributed by atoms with van der Waals surface area (Å²) in [4.78, 5) is 16.2. The first-order valence-corrected chi connectivity index (χ1v) is 9.06. The highest BCUT2D eigenvalue weighted by Crippen LogP contribution is 2.31. The van der Waals surface area contributed by atoms with Gasteiger partial charge in [-0.3, -0.25) is 4.79 Å². The Kier molecular flexibility index (Phi) is 5.65. The monoisotopic (exact) mass is 366 g/mol. The largest absolute Gasteiger partial charge is 0.435 e. The number of carbonyl (C=O) groups is 1. The molecule has 1 amide bonds. The molecule has 1 aliphatic heterocycles. The quantitative estimate of drug-likeness (QED) is 0.871. The number of thiophene rings is 1. The summed E-state index contributed by atoms with van der Waals surface area (Å²) in [5.41, 5.74) is 6.66. The first kappa shape index (κ1) is 17.8. The van der Waals surface area contributed by atoms with Crippen LogP contribution < -0.4 is 10.5 Å². The number of alkyl halides is 2. The number of likely N-dealkylation sites (tertiary alicyclic amines) is 1. The Balaban J connectivity index is 1.74. The number of ether oxygens (including phenoxy) is 1. The molecular formula is C18H20F2N2O2S. The minimum absolute atomic E-state index is 0.0176. The highest BCUT2D eigenvalue weighted by Gasteiger charge is 2.27. The van der Waals surface area contributed by atoms with Gasteiger partial charge in [0.25, 0.3) is 5.91 Å². The molecule has 2 aromatic rings. The van der Waals surface area contributed by atoms with Gasteiger partial charge >= 0.3 is 6.61 Å². The van der Waals surface area contributed by atoms with Crippen molar-refractivity contribution in [3.05, 3.63) is 41.3 Å². The molecule has 1 fully saturated rings. The number of nitrogens with zero attached hydrogens (tertiary/aromatic N) is 1. The van der Waals surface area contributed by atoms with Gasteiger partial charge in [0.05, 0.1) is 4.88 Å². The maximum atomic E-state index is 12.8. The highest BCUT2D eigenvalue weighted by molar-refractivity contribution is 7.17. The summed E-state index contributed by atoms with van der Waals surface area (Å²) in [6.07, 6.45) is 3.06. The maximum Gasteiger partial charge on any atom is 0.387 e. The van der Waals surface area contributed by atoms with Crippen LogP contribution in [0.2, 0.25) is 0 Å². The lowest BCUT2D eigenvalue weighted by molar-refractivity contribution is -0.0498. The van der Waals surface area contributed by atoms with Gasteiger partial charge in [0.1, 0.15) is 5.75 Å². The third-order valence-corrected chi connectivity index (χ3v) is 5.46. The van der Waals surface area contributed by atoms with Gasteiger partial charge in [0.2, 0.25) is 0 Å². The van der Waals surface area contributed by atoms with Crippen LogP contribution in [0, 0.1) is 0 Å². The van der Waals surface area contributed by atoms with Gasteiger partial charge < -0.3 is 15.4 Å². The van der Waals surface area contributed by atoms with Gasteiger partial charge in [-0.1, -0.05) is 0 Å². The number of nitrogens with two attached hydrogens (primary N) is 1. The molecular weight excluding hydrogens is 346 g/mol. The third-order valence-electron chi connectivity index (χ3n) is 4.34. The molecule has 1 unspecified atom stereocenters. The minimum Gasteiger partial charge on any atom is -0.435 e. The van der Waals surface area contributed by atoms with E-state index < -0.39 is 6.61 Å². The number of benzene rings is 1. The number of rotatable bonds is 5. The van der Waals surface area contributed by atoms with E-state index in [1.165, 1.54) is 23.5 Å². The molecule has 25 heavy (non-hydrogen) atoms. The van der Waals surface area contributed by atoms with E-state index in [0.29, 0.717) is 11.4 Å². The van der Waals surface area contributed by atoms with E-state index in [4.69, 9.17) is 5.73 Å². The van der Waals surface area contributed by atoms with Gasteiger partial charge in [-0.2, -0.15) is 8.78 Å². The summed E-state index contributed by atoms with van der Waals surface area (Å²) in [5.74, 6) is 0.134. The summed E-state index contributed by atoms with van der Waals surface area (Å²) in [6.45, 7) is -1.61. The summed E-state index contributed by atoms with van der Waals surface area (Å²) in [6, 6.07) is 10.2. The van der Waals surface area contributed by atoms with Crippen molar-refractivity contribution in [3.63, 3.8) is 0 Å². The molecule has 1 atom stereocenters. The van der Waals surface area contributed by atoms with E-state index in [-0.39, 0.29) is 17.7 Å². The van der Waals surface area contributed by atoms with Crippen molar-refractivity contribution >= 4 is 17.2 Å². The Labute approximate surface area is 149 Å². The van der Waals surface area contributed by atoms with Crippen LogP contribution in [0.5, 0.6) is 5.75 Å². The molecule has 0 bridgehead atoms. The molecule has 1 saturated heterocycles. The average molecular weight is 366 g/mol. The lowest BCUT2D eigenvalue weighted by Gasteiger charge is -2.34. The first-order valence-electron chi connectivity index (χ1n) is 8.24. The van der Waals surface area contributed by atoms with E-state index in [1.807, 2.05) is 17.0 Å². The Hall–Kier alpha value is -1.99. The molecule has 1 aliphatic rings. The number of amides is 1. The number of carbonyl (C=O) groups excluding carboxylic acids is 1. The van der Waals surface area contributed by atoms with Crippen molar-refractivity contribution in [2.75, 3.05) is 13.1 Å². The van der Waals surface area contributed by atoms with Gasteiger partial charge in [0.15, 0.2) is 0 Å². The fourth-order valence-corrected chi connectivity index (χ4v) is 4.03. The zero-order valence-electron chi connectivity index (χ0n) is 13.7. The topological polar surface area (TPSA) is 55.6 Å². The van der Waals surface area contributed by atoms with Crippen molar-refractivity contribution in [1.82, 2.24) is 4.90 Å². The summed E-state index contributed by atoms with van der Waals surface area (Å²) < 4.78 is 28.8. The predicted molar refractivity (Wildman–Crippen MR) is 94.1 cm³/mol. The lowest BCUT2D eigenvalue weighted by atomic mass is 10.0. The SMILES string of the molecule is NCC1CCCCN1C(=O)c1ccc(-c2ccc(OC(F)F)cc2)s1. The number of halogens is 2. The normalized spacial score (nSPS) is 17.8. The van der Waals surface area contributed by atoms with Crippen molar-refractivity contribution in [2.45, 2.75) is 31.9 Å². The second kappa shape index (κ2) is 7.93. The molecule has 2 heterocycles. The fraction of sp³-hybridized carbons (Fsp3) is 0.389. The molecule has 0 spiro atoms. The maximum absolute atomic E-state index is 12.8. The van der Waals surface area contributed by atoms with Crippen LogP contribution in [0.15, 0.2) is 36.4 Å². The minimum atomic E-state index is -2.84.